The molecule has 8 aromatic carbocycles. The maximum absolute atomic E-state index is 13.3. The van der Waals surface area contributed by atoms with Crippen molar-refractivity contribution in [3.63, 3.8) is 0 Å². The van der Waals surface area contributed by atoms with Crippen molar-refractivity contribution in [3.8, 4) is 34.4 Å². The average molecular weight is 1720 g/mol. The van der Waals surface area contributed by atoms with Gasteiger partial charge in [-0.05, 0) is 192 Å². The Morgan fingerprint density at radius 3 is 1.35 bits per heavy atom. The van der Waals surface area contributed by atoms with Crippen molar-refractivity contribution in [2.24, 2.45) is 0 Å². The lowest BCUT2D eigenvalue weighted by molar-refractivity contribution is -0.00928. The number of likely N-dealkylation sites (tertiary alicyclic amines) is 2. The molecule has 1 spiro atoms. The molecule has 123 heavy (non-hydrogen) atoms. The number of aromatic nitrogens is 6. The SMILES string of the molecule is COc1cccc2c(C(=O)NCc3cccc(Cl)c3)cn(CCCN3CCC(c4nc(-c5ccncc5)no4)CC3)c12.COc1cccc2c(C(=O)NCc3cccc(Cl)c3)cn(CCCN3CCC4(CC3)CC(=O)c3ccccc3O4)c12.COc1cccc2c(C(=O)NCc3cccc(Cl)c3)cn(CCCN3CCCN(CCc4ccccc4)CC3)c12. The smallest absolute Gasteiger partial charge is 0.253 e. The second kappa shape index (κ2) is 41.7. The lowest BCUT2D eigenvalue weighted by atomic mass is 9.82. The number of hydrogen-bond donors (Lipinski definition) is 3. The third kappa shape index (κ3) is 22.0. The fourth-order valence-electron chi connectivity index (χ4n) is 17.4. The number of aryl methyl sites for hydroxylation is 3. The van der Waals surface area contributed by atoms with Crippen LogP contribution in [0.15, 0.2) is 230 Å². The third-order valence-corrected chi connectivity index (χ3v) is 24.7. The van der Waals surface area contributed by atoms with Gasteiger partial charge in [-0.15, -0.1) is 0 Å². The van der Waals surface area contributed by atoms with Crippen LogP contribution in [0.3, 0.4) is 0 Å². The van der Waals surface area contributed by atoms with Gasteiger partial charge in [0.25, 0.3) is 17.7 Å². The van der Waals surface area contributed by atoms with Gasteiger partial charge < -0.3 is 72.7 Å². The van der Waals surface area contributed by atoms with Gasteiger partial charge in [0, 0.05) is 159 Å². The number of halogens is 3. The number of ketones is 1. The number of hydrogen-bond acceptors (Lipinski definition) is 16. The summed E-state index contributed by atoms with van der Waals surface area (Å²) in [6, 6.07) is 62.3. The highest BCUT2D eigenvalue weighted by atomic mass is 35.5. The summed E-state index contributed by atoms with van der Waals surface area (Å²) in [6.45, 7) is 15.9. The molecule has 0 radical (unpaired) electrons. The molecule has 0 unspecified atom stereocenters. The molecule has 22 nitrogen and oxygen atoms in total. The zero-order chi connectivity index (χ0) is 85.0. The molecule has 9 heterocycles. The highest BCUT2D eigenvalue weighted by molar-refractivity contribution is 6.31. The van der Waals surface area contributed by atoms with E-state index >= 15 is 0 Å². The minimum absolute atomic E-state index is 0.0971. The van der Waals surface area contributed by atoms with Gasteiger partial charge in [-0.1, -0.05) is 155 Å². The molecule has 0 aliphatic carbocycles. The summed E-state index contributed by atoms with van der Waals surface area (Å²) in [4.78, 5) is 71.3. The Morgan fingerprint density at radius 1 is 0.463 bits per heavy atom. The number of pyridine rings is 1. The van der Waals surface area contributed by atoms with Crippen LogP contribution in [-0.2, 0) is 45.7 Å². The van der Waals surface area contributed by atoms with Gasteiger partial charge in [0.05, 0.1) is 66.6 Å². The van der Waals surface area contributed by atoms with Crippen molar-refractivity contribution in [2.75, 3.05) is 99.9 Å². The Balaban J connectivity index is 0.000000143. The summed E-state index contributed by atoms with van der Waals surface area (Å²) in [5, 5.41) is 17.9. The van der Waals surface area contributed by atoms with Crippen molar-refractivity contribution >= 4 is 91.0 Å². The minimum atomic E-state index is -0.390. The van der Waals surface area contributed by atoms with E-state index in [-0.39, 0.29) is 35.0 Å². The summed E-state index contributed by atoms with van der Waals surface area (Å²) in [7, 11) is 5.01. The van der Waals surface area contributed by atoms with Crippen LogP contribution in [0.2, 0.25) is 15.1 Å². The molecule has 4 aliphatic heterocycles. The summed E-state index contributed by atoms with van der Waals surface area (Å²) in [5.41, 5.74) is 10.3. The van der Waals surface area contributed by atoms with Crippen LogP contribution in [0.1, 0.15) is 133 Å². The molecule has 3 fully saturated rings. The van der Waals surface area contributed by atoms with E-state index in [4.69, 9.17) is 58.3 Å². The molecule has 25 heteroatoms. The molecule has 638 valence electrons. The molecule has 4 aliphatic rings. The molecular weight excluding hydrogens is 1610 g/mol. The van der Waals surface area contributed by atoms with E-state index in [1.807, 2.05) is 182 Å². The molecule has 13 aromatic rings. The number of Topliss-reactive ketones (excluding diaryl/α,β-unsaturated/α-hetero) is 1. The zero-order valence-corrected chi connectivity index (χ0v) is 72.3. The maximum atomic E-state index is 13.3. The number of amides is 3. The lowest BCUT2D eigenvalue weighted by Crippen LogP contribution is -2.51. The summed E-state index contributed by atoms with van der Waals surface area (Å²) in [6.07, 6.45) is 18.6. The molecule has 3 saturated heterocycles. The van der Waals surface area contributed by atoms with Gasteiger partial charge in [0.2, 0.25) is 11.7 Å². The number of nitrogens with zero attached hydrogens (tertiary/aromatic N) is 10. The Kier molecular flexibility index (Phi) is 29.4. The number of rotatable bonds is 29. The Hall–Kier alpha value is -11.3. The first kappa shape index (κ1) is 86.6. The van der Waals surface area contributed by atoms with Crippen molar-refractivity contribution < 1.29 is 42.6 Å². The molecule has 3 N–H and O–H groups in total. The van der Waals surface area contributed by atoms with Crippen LogP contribution in [0.25, 0.3) is 44.1 Å². The Morgan fingerprint density at radius 2 is 0.886 bits per heavy atom. The van der Waals surface area contributed by atoms with Gasteiger partial charge in [0.15, 0.2) is 5.78 Å². The quantitative estimate of drug-likeness (QED) is 0.0397. The van der Waals surface area contributed by atoms with Crippen molar-refractivity contribution in [1.82, 2.24) is 64.4 Å². The number of para-hydroxylation sites is 4. The zero-order valence-electron chi connectivity index (χ0n) is 70.0. The highest BCUT2D eigenvalue weighted by Crippen LogP contribution is 2.41. The molecule has 17 rings (SSSR count). The van der Waals surface area contributed by atoms with Gasteiger partial charge in [-0.3, -0.25) is 24.2 Å². The van der Waals surface area contributed by atoms with Crippen molar-refractivity contribution in [3.05, 3.63) is 291 Å². The van der Waals surface area contributed by atoms with E-state index < -0.39 is 0 Å². The van der Waals surface area contributed by atoms with Gasteiger partial charge in [-0.2, -0.15) is 4.98 Å². The molecular formula is C98H106Cl3N13O9. The second-order valence-corrected chi connectivity index (χ2v) is 33.4. The van der Waals surface area contributed by atoms with Crippen molar-refractivity contribution in [2.45, 2.75) is 115 Å². The normalized spacial score (nSPS) is 15.2. The molecule has 5 aromatic heterocycles. The second-order valence-electron chi connectivity index (χ2n) is 32.1. The van der Waals surface area contributed by atoms with Crippen LogP contribution in [0.5, 0.6) is 23.0 Å². The van der Waals surface area contributed by atoms with E-state index in [1.165, 1.54) is 12.0 Å². The number of benzene rings is 8. The number of piperidine rings is 2. The lowest BCUT2D eigenvalue weighted by Gasteiger charge is -2.44. The first-order chi connectivity index (χ1) is 60.1. The summed E-state index contributed by atoms with van der Waals surface area (Å²) >= 11 is 18.3. The summed E-state index contributed by atoms with van der Waals surface area (Å²) < 4.78 is 35.5. The average Bonchev–Trinajstić information content (AvgIpc) is 1.75. The highest BCUT2D eigenvalue weighted by Gasteiger charge is 2.43. The fraction of sp³-hybridized carbons (Fsp3) is 0.337. The van der Waals surface area contributed by atoms with Crippen LogP contribution < -0.4 is 34.9 Å². The standard InChI is InChI=1S/C33H39ClN4O2.C33H34ClN3O4.C32H33ClN6O3/c1-40-31-14-6-13-29-30(33(39)35-24-27-11-5-12-28(34)23-27)25-38(32(29)31)19-8-18-36-16-7-17-37(22-21-36)20-15-26-9-3-2-4-10-26;1-40-30-12-5-10-25-27(32(39)35-21-23-7-4-8-24(34)19-23)22-37(31(25)30)16-6-15-36-17-13-33(14-18-36)20-28(38)26-9-2-3-11-29(26)41-33;1-41-28-8-3-7-26-27(31(40)35-20-22-5-2-6-25(33)19-22)21-39(29(26)28)16-4-15-38-17-11-24(12-18-38)32-36-30(37-42-32)23-9-13-34-14-10-23/h2-6,9-14,23,25H,7-8,15-22,24H2,1H3,(H,35,39);2-5,7-12,19,22H,6,13-18,20-21H2,1H3,(H,35,39);2-3,5-10,13-14,19,21,24H,4,11-12,15-18,20H2,1H3,(H,35,40). The number of fused-ring (bicyclic) bond motifs is 4. The Bertz CT molecular complexity index is 5760. The van der Waals surface area contributed by atoms with E-state index in [0.717, 1.165) is 227 Å². The number of carbonyl (C=O) groups excluding carboxylic acids is 4. The molecule has 0 bridgehead atoms. The van der Waals surface area contributed by atoms with Crippen LogP contribution in [-0.4, -0.2) is 177 Å². The number of nitrogens with one attached hydrogen (secondary N) is 3. The maximum Gasteiger partial charge on any atom is 0.253 e. The monoisotopic (exact) mass is 1710 g/mol. The van der Waals surface area contributed by atoms with E-state index in [2.05, 4.69) is 94.7 Å². The topological polar surface area (TPSA) is 221 Å². The van der Waals surface area contributed by atoms with Gasteiger partial charge >= 0.3 is 0 Å². The molecule has 0 atom stereocenters. The molecule has 0 saturated carbocycles. The number of carbonyl (C=O) groups is 4. The van der Waals surface area contributed by atoms with Crippen LogP contribution >= 0.6 is 34.8 Å². The third-order valence-electron chi connectivity index (χ3n) is 23.9. The van der Waals surface area contributed by atoms with Crippen LogP contribution in [0, 0.1) is 0 Å². The predicted octanol–water partition coefficient (Wildman–Crippen LogP) is 17.9. The first-order valence-corrected chi connectivity index (χ1v) is 43.8. The molecule has 3 amide bonds. The predicted molar refractivity (Wildman–Crippen MR) is 485 cm³/mol. The number of methoxy groups -OCH3 is 3. The van der Waals surface area contributed by atoms with Gasteiger partial charge in [-0.25, -0.2) is 0 Å². The Labute approximate surface area is 733 Å². The minimum Gasteiger partial charge on any atom is -0.495 e. The van der Waals surface area contributed by atoms with Crippen molar-refractivity contribution in [1.29, 1.82) is 0 Å². The van der Waals surface area contributed by atoms with E-state index in [1.54, 1.807) is 33.7 Å². The first-order valence-electron chi connectivity index (χ1n) is 42.7. The van der Waals surface area contributed by atoms with E-state index in [0.29, 0.717) is 75.1 Å². The largest absolute Gasteiger partial charge is 0.495 e. The van der Waals surface area contributed by atoms with E-state index in [9.17, 15) is 19.2 Å². The fourth-order valence-corrected chi connectivity index (χ4v) is 18.1. The van der Waals surface area contributed by atoms with Gasteiger partial charge in [0.1, 0.15) is 28.6 Å². The summed E-state index contributed by atoms with van der Waals surface area (Å²) in [5.74, 6) is 4.44. The number of ether oxygens (including phenoxy) is 4. The van der Waals surface area contributed by atoms with Crippen LogP contribution in [0.4, 0.5) is 0 Å².